The Balaban J connectivity index is 2.41. The second kappa shape index (κ2) is 7.14. The van der Waals surface area contributed by atoms with Gasteiger partial charge in [0.2, 0.25) is 0 Å². The summed E-state index contributed by atoms with van der Waals surface area (Å²) in [5.41, 5.74) is 0. The fraction of sp³-hybridized carbons (Fsp3) is 0.714. The van der Waals surface area contributed by atoms with Gasteiger partial charge in [0.05, 0.1) is 0 Å². The van der Waals surface area contributed by atoms with Crippen LogP contribution in [0.2, 0.25) is 0 Å². The summed E-state index contributed by atoms with van der Waals surface area (Å²) in [5.74, 6) is 0.751. The monoisotopic (exact) mass is 254 g/mol. The van der Waals surface area contributed by atoms with E-state index in [9.17, 15) is 0 Å². The van der Waals surface area contributed by atoms with E-state index < -0.39 is 0 Å². The largest absolute Gasteiger partial charge is 0.308 e. The maximum atomic E-state index is 3.64. The first-order valence-electron chi connectivity index (χ1n) is 6.44. The zero-order valence-corrected chi connectivity index (χ0v) is 12.6. The molecule has 2 nitrogen and oxygen atoms in total. The van der Waals surface area contributed by atoms with Crippen molar-refractivity contribution in [1.82, 2.24) is 10.2 Å². The summed E-state index contributed by atoms with van der Waals surface area (Å²) in [4.78, 5) is 3.75. The van der Waals surface area contributed by atoms with Crippen LogP contribution in [0.3, 0.4) is 0 Å². The Morgan fingerprint density at radius 1 is 1.29 bits per heavy atom. The molecule has 1 rings (SSSR count). The van der Waals surface area contributed by atoms with Gasteiger partial charge in [-0.25, -0.2) is 0 Å². The second-order valence-corrected chi connectivity index (χ2v) is 6.37. The first kappa shape index (κ1) is 14.7. The molecule has 0 fully saturated rings. The van der Waals surface area contributed by atoms with E-state index in [0.29, 0.717) is 12.1 Å². The summed E-state index contributed by atoms with van der Waals surface area (Å²) in [7, 11) is 4.34. The number of hydrogen-bond donors (Lipinski definition) is 1. The minimum absolute atomic E-state index is 0.463. The highest BCUT2D eigenvalue weighted by molar-refractivity contribution is 7.10. The fourth-order valence-electron chi connectivity index (χ4n) is 1.97. The van der Waals surface area contributed by atoms with E-state index in [-0.39, 0.29) is 0 Å². The average molecular weight is 254 g/mol. The molecule has 98 valence electrons. The Morgan fingerprint density at radius 2 is 2.00 bits per heavy atom. The Bertz CT molecular complexity index is 293. The van der Waals surface area contributed by atoms with Crippen molar-refractivity contribution in [2.45, 2.75) is 39.3 Å². The summed E-state index contributed by atoms with van der Waals surface area (Å²) < 4.78 is 0. The lowest BCUT2D eigenvalue weighted by molar-refractivity contribution is 0.242. The van der Waals surface area contributed by atoms with Gasteiger partial charge < -0.3 is 10.2 Å². The van der Waals surface area contributed by atoms with Gasteiger partial charge in [0.15, 0.2) is 0 Å². The molecule has 0 radical (unpaired) electrons. The third-order valence-corrected chi connectivity index (χ3v) is 4.16. The van der Waals surface area contributed by atoms with Gasteiger partial charge >= 0.3 is 0 Å². The van der Waals surface area contributed by atoms with Crippen molar-refractivity contribution in [2.24, 2.45) is 5.92 Å². The number of nitrogens with zero attached hydrogens (tertiary/aromatic N) is 1. The highest BCUT2D eigenvalue weighted by Crippen LogP contribution is 2.18. The lowest BCUT2D eigenvalue weighted by atomic mass is 10.0. The zero-order valence-electron chi connectivity index (χ0n) is 11.7. The predicted molar refractivity (Wildman–Crippen MR) is 77.7 cm³/mol. The molecule has 0 saturated carbocycles. The normalized spacial score (nSPS) is 15.5. The summed E-state index contributed by atoms with van der Waals surface area (Å²) in [6.07, 6.45) is 1.25. The van der Waals surface area contributed by atoms with Crippen LogP contribution in [0.5, 0.6) is 0 Å². The van der Waals surface area contributed by atoms with E-state index >= 15 is 0 Å². The number of nitrogens with one attached hydrogen (secondary N) is 1. The van der Waals surface area contributed by atoms with Crippen molar-refractivity contribution in [1.29, 1.82) is 0 Å². The lowest BCUT2D eigenvalue weighted by Crippen LogP contribution is -2.39. The molecule has 0 bridgehead atoms. The Hall–Kier alpha value is -0.380. The molecule has 2 atom stereocenters. The first-order chi connectivity index (χ1) is 8.00. The summed E-state index contributed by atoms with van der Waals surface area (Å²) in [5, 5.41) is 5.78. The van der Waals surface area contributed by atoms with Gasteiger partial charge in [-0.2, -0.15) is 0 Å². The molecule has 17 heavy (non-hydrogen) atoms. The quantitative estimate of drug-likeness (QED) is 0.802. The Morgan fingerprint density at radius 3 is 2.47 bits per heavy atom. The Labute approximate surface area is 110 Å². The van der Waals surface area contributed by atoms with Crippen LogP contribution < -0.4 is 5.32 Å². The van der Waals surface area contributed by atoms with Crippen LogP contribution in [-0.2, 0) is 0 Å². The van der Waals surface area contributed by atoms with E-state index in [1.807, 2.05) is 11.3 Å². The molecule has 0 aliphatic carbocycles. The topological polar surface area (TPSA) is 15.3 Å². The van der Waals surface area contributed by atoms with Crippen LogP contribution in [0.25, 0.3) is 0 Å². The van der Waals surface area contributed by atoms with E-state index in [2.05, 4.69) is 62.6 Å². The van der Waals surface area contributed by atoms with E-state index in [4.69, 9.17) is 0 Å². The molecule has 0 saturated heterocycles. The van der Waals surface area contributed by atoms with Crippen molar-refractivity contribution in [3.8, 4) is 0 Å². The third kappa shape index (κ3) is 5.19. The highest BCUT2D eigenvalue weighted by Gasteiger charge is 2.15. The van der Waals surface area contributed by atoms with Crippen molar-refractivity contribution in [2.75, 3.05) is 20.6 Å². The summed E-state index contributed by atoms with van der Waals surface area (Å²) in [6.45, 7) is 7.89. The SMILES string of the molecule is CC(C)CC(CNC(C)c1cccs1)N(C)C. The van der Waals surface area contributed by atoms with Gasteiger partial charge in [0.1, 0.15) is 0 Å². The van der Waals surface area contributed by atoms with Crippen molar-refractivity contribution < 1.29 is 0 Å². The fourth-order valence-corrected chi connectivity index (χ4v) is 2.73. The van der Waals surface area contributed by atoms with Crippen LogP contribution in [0.4, 0.5) is 0 Å². The summed E-state index contributed by atoms with van der Waals surface area (Å²) >= 11 is 1.83. The molecule has 1 aromatic rings. The second-order valence-electron chi connectivity index (χ2n) is 5.39. The van der Waals surface area contributed by atoms with Crippen molar-refractivity contribution >= 4 is 11.3 Å². The molecule has 1 heterocycles. The minimum Gasteiger partial charge on any atom is -0.308 e. The smallest absolute Gasteiger partial charge is 0.0386 e. The van der Waals surface area contributed by atoms with Gasteiger partial charge in [-0.05, 0) is 44.8 Å². The molecule has 3 heteroatoms. The molecular formula is C14H26N2S. The number of likely N-dealkylation sites (N-methyl/N-ethyl adjacent to an activating group) is 1. The number of hydrogen-bond acceptors (Lipinski definition) is 3. The highest BCUT2D eigenvalue weighted by atomic mass is 32.1. The molecule has 0 aliphatic rings. The molecule has 2 unspecified atom stereocenters. The van der Waals surface area contributed by atoms with Crippen LogP contribution in [-0.4, -0.2) is 31.6 Å². The van der Waals surface area contributed by atoms with Crippen LogP contribution in [0.15, 0.2) is 17.5 Å². The third-order valence-electron chi connectivity index (χ3n) is 3.10. The zero-order chi connectivity index (χ0) is 12.8. The maximum absolute atomic E-state index is 3.64. The molecule has 0 amide bonds. The summed E-state index contributed by atoms with van der Waals surface area (Å²) in [6, 6.07) is 5.41. The molecular weight excluding hydrogens is 228 g/mol. The molecule has 1 N–H and O–H groups in total. The van der Waals surface area contributed by atoms with Gasteiger partial charge in [-0.1, -0.05) is 19.9 Å². The van der Waals surface area contributed by atoms with E-state index in [1.165, 1.54) is 11.3 Å². The average Bonchev–Trinajstić information content (AvgIpc) is 2.76. The van der Waals surface area contributed by atoms with Crippen molar-refractivity contribution in [3.63, 3.8) is 0 Å². The van der Waals surface area contributed by atoms with Gasteiger partial charge in [0.25, 0.3) is 0 Å². The standard InChI is InChI=1S/C14H26N2S/c1-11(2)9-13(16(4)5)10-15-12(3)14-7-6-8-17-14/h6-8,11-13,15H,9-10H2,1-5H3. The van der Waals surface area contributed by atoms with E-state index in [1.54, 1.807) is 0 Å². The molecule has 0 aromatic carbocycles. The maximum Gasteiger partial charge on any atom is 0.0386 e. The lowest BCUT2D eigenvalue weighted by Gasteiger charge is -2.27. The van der Waals surface area contributed by atoms with Gasteiger partial charge in [-0.3, -0.25) is 0 Å². The first-order valence-corrected chi connectivity index (χ1v) is 7.32. The number of rotatable bonds is 7. The van der Waals surface area contributed by atoms with Crippen LogP contribution in [0.1, 0.15) is 38.1 Å². The van der Waals surface area contributed by atoms with Crippen molar-refractivity contribution in [3.05, 3.63) is 22.4 Å². The number of thiophene rings is 1. The van der Waals surface area contributed by atoms with Gasteiger partial charge in [0, 0.05) is 23.5 Å². The molecule has 0 spiro atoms. The molecule has 1 aromatic heterocycles. The van der Waals surface area contributed by atoms with E-state index in [0.717, 1.165) is 12.5 Å². The van der Waals surface area contributed by atoms with Gasteiger partial charge in [-0.15, -0.1) is 11.3 Å². The molecule has 0 aliphatic heterocycles. The predicted octanol–water partition coefficient (Wildman–Crippen LogP) is 3.38. The van der Waals surface area contributed by atoms with Crippen LogP contribution >= 0.6 is 11.3 Å². The van der Waals surface area contributed by atoms with Crippen LogP contribution in [0, 0.1) is 5.92 Å². The minimum atomic E-state index is 0.463. The Kier molecular flexibility index (Phi) is 6.17.